The third-order valence-corrected chi connectivity index (χ3v) is 17.2. The Hall–Kier alpha value is -2.49. The van der Waals surface area contributed by atoms with Crippen molar-refractivity contribution in [1.29, 1.82) is 0 Å². The SMILES string of the molecule is C.C.C.C.C.C.C.C.CC1C(=O)OC(=O)C1C1C2CCC(C2)C1C1C2CC(CC2C(CC(=O)OC(C)(C)C)OC(=O)C2CCCCC2)C1C1C(C)C2CC(C(O)CC(=O)OC(C)(C)C)C1C2. The predicted octanol–water partition coefficient (Wildman–Crippen LogP) is 13.2. The summed E-state index contributed by atoms with van der Waals surface area (Å²) in [6.45, 7) is 15.5. The second-order valence-electron chi connectivity index (χ2n) is 22.7. The van der Waals surface area contributed by atoms with E-state index in [4.69, 9.17) is 18.9 Å². The molecule has 0 radical (unpaired) electrons. The predicted molar refractivity (Wildman–Crippen MR) is 268 cm³/mol. The summed E-state index contributed by atoms with van der Waals surface area (Å²) in [5.41, 5.74) is -1.29. The first-order valence-electron chi connectivity index (χ1n) is 23.4. The van der Waals surface area contributed by atoms with Crippen LogP contribution in [0.3, 0.4) is 0 Å². The molecule has 1 N–H and O–H groups in total. The number of rotatable bonds is 11. The summed E-state index contributed by atoms with van der Waals surface area (Å²) in [5.74, 6) is 1.03. The highest BCUT2D eigenvalue weighted by Crippen LogP contribution is 2.72. The van der Waals surface area contributed by atoms with Crippen molar-refractivity contribution >= 4 is 29.8 Å². The van der Waals surface area contributed by atoms with Gasteiger partial charge in [-0.05, 0) is 182 Å². The van der Waals surface area contributed by atoms with Crippen molar-refractivity contribution in [2.45, 2.75) is 228 Å². The lowest BCUT2D eigenvalue weighted by Crippen LogP contribution is -2.50. The maximum absolute atomic E-state index is 14.0. The number of cyclic esters (lactones) is 2. The number of aliphatic hydroxyl groups excluding tert-OH is 1. The van der Waals surface area contributed by atoms with Gasteiger partial charge in [-0.1, -0.05) is 92.5 Å². The van der Waals surface area contributed by atoms with Crippen molar-refractivity contribution in [3.8, 4) is 0 Å². The highest BCUT2D eigenvalue weighted by Gasteiger charge is 2.69. The van der Waals surface area contributed by atoms with E-state index in [-0.39, 0.29) is 143 Å². The van der Waals surface area contributed by atoms with E-state index in [0.29, 0.717) is 41.4 Å². The zero-order valence-electron chi connectivity index (χ0n) is 36.5. The van der Waals surface area contributed by atoms with E-state index in [1.54, 1.807) is 0 Å². The van der Waals surface area contributed by atoms with E-state index in [1.807, 2.05) is 48.5 Å². The molecule has 18 unspecified atom stereocenters. The average molecular weight is 937 g/mol. The van der Waals surface area contributed by atoms with Gasteiger partial charge in [-0.2, -0.15) is 0 Å². The molecule has 10 nitrogen and oxygen atoms in total. The Morgan fingerprint density at radius 1 is 0.591 bits per heavy atom. The second-order valence-corrected chi connectivity index (χ2v) is 22.7. The summed E-state index contributed by atoms with van der Waals surface area (Å²) in [6, 6.07) is 0. The van der Waals surface area contributed by atoms with Crippen molar-refractivity contribution in [3.05, 3.63) is 0 Å². The van der Waals surface area contributed by atoms with Crippen LogP contribution in [0.2, 0.25) is 0 Å². The second kappa shape index (κ2) is 23.9. The highest BCUT2D eigenvalue weighted by atomic mass is 16.6. The first-order valence-corrected chi connectivity index (χ1v) is 23.4. The summed E-state index contributed by atoms with van der Waals surface area (Å²) in [4.78, 5) is 67.2. The van der Waals surface area contributed by atoms with Gasteiger partial charge < -0.3 is 24.1 Å². The monoisotopic (exact) mass is 937 g/mol. The Bertz CT molecular complexity index is 1600. The van der Waals surface area contributed by atoms with E-state index in [1.165, 1.54) is 0 Å². The quantitative estimate of drug-likeness (QED) is 0.121. The van der Waals surface area contributed by atoms with Crippen molar-refractivity contribution < 1.29 is 48.0 Å². The fourth-order valence-corrected chi connectivity index (χ4v) is 15.5. The third kappa shape index (κ3) is 12.1. The van der Waals surface area contributed by atoms with Crippen LogP contribution in [-0.4, -0.2) is 58.4 Å². The van der Waals surface area contributed by atoms with Crippen molar-refractivity contribution in [2.24, 2.45) is 101 Å². The fourth-order valence-electron chi connectivity index (χ4n) is 15.5. The van der Waals surface area contributed by atoms with Crippen LogP contribution in [0.4, 0.5) is 0 Å². The van der Waals surface area contributed by atoms with Gasteiger partial charge in [0.25, 0.3) is 0 Å². The van der Waals surface area contributed by atoms with Crippen LogP contribution in [0.15, 0.2) is 0 Å². The Kier molecular flexibility index (Phi) is 23.0. The lowest BCUT2D eigenvalue weighted by Gasteiger charge is -2.52. The Morgan fingerprint density at radius 3 is 1.62 bits per heavy atom. The van der Waals surface area contributed by atoms with E-state index in [2.05, 4.69) is 6.92 Å². The van der Waals surface area contributed by atoms with Crippen LogP contribution in [0.5, 0.6) is 0 Å². The van der Waals surface area contributed by atoms with Crippen molar-refractivity contribution in [1.82, 2.24) is 0 Å². The van der Waals surface area contributed by atoms with Gasteiger partial charge in [0.05, 0.1) is 36.7 Å². The molecular weight excluding hydrogens is 833 g/mol. The van der Waals surface area contributed by atoms with E-state index >= 15 is 0 Å². The third-order valence-electron chi connectivity index (χ3n) is 17.2. The molecule has 0 amide bonds. The zero-order valence-corrected chi connectivity index (χ0v) is 36.5. The van der Waals surface area contributed by atoms with Crippen LogP contribution in [0.1, 0.15) is 205 Å². The number of fused-ring (bicyclic) bond motifs is 6. The molecule has 0 spiro atoms. The molecule has 0 aromatic rings. The summed E-state index contributed by atoms with van der Waals surface area (Å²) in [6.07, 6.45) is 10.5. The number of hydrogen-bond acceptors (Lipinski definition) is 10. The number of hydrogen-bond donors (Lipinski definition) is 1. The smallest absolute Gasteiger partial charge is 0.317 e. The van der Waals surface area contributed by atoms with Gasteiger partial charge in [0.15, 0.2) is 0 Å². The molecule has 66 heavy (non-hydrogen) atoms. The summed E-state index contributed by atoms with van der Waals surface area (Å²) < 4.78 is 23.5. The standard InChI is InChI=1S/C48H72O10.8CH4/c1-23-28-17-30(34(49)21-36(50)57-47(3,4)5)32(18-28)38(23)42-29-19-31(35(22-37(51)58-48(6,7)8)55-45(53)25-12-10-9-11-13-25)33(20-29)43(42)41-27-15-14-26(16-27)40(41)39-24(2)44(52)56-46(39)54;;;;;;;;/h23-35,38-43,49H,9-22H2,1-8H3;8*1H4. The fraction of sp³-hybridized carbons (Fsp3) is 0.911. The van der Waals surface area contributed by atoms with Gasteiger partial charge >= 0.3 is 29.8 Å². The molecule has 0 aromatic carbocycles. The van der Waals surface area contributed by atoms with Crippen LogP contribution in [0, 0.1) is 101 Å². The number of aliphatic hydroxyl groups is 1. The molecule has 1 heterocycles. The molecule has 0 aromatic heterocycles. The van der Waals surface area contributed by atoms with Crippen LogP contribution in [-0.2, 0) is 42.9 Å². The number of carbonyl (C=O) groups is 5. The largest absolute Gasteiger partial charge is 0.461 e. The highest BCUT2D eigenvalue weighted by molar-refractivity contribution is 5.96. The molecule has 8 rings (SSSR count). The maximum atomic E-state index is 14.0. The van der Waals surface area contributed by atoms with Gasteiger partial charge in [0.2, 0.25) is 0 Å². The maximum Gasteiger partial charge on any atom is 0.317 e. The molecule has 8 fully saturated rings. The minimum atomic E-state index is -0.766. The average Bonchev–Trinajstić information content (AvgIpc) is 4.00. The summed E-state index contributed by atoms with van der Waals surface area (Å²) in [5, 5.41) is 11.7. The van der Waals surface area contributed by atoms with E-state index < -0.39 is 41.2 Å². The van der Waals surface area contributed by atoms with E-state index in [0.717, 1.165) is 77.0 Å². The van der Waals surface area contributed by atoms with Gasteiger partial charge in [0.1, 0.15) is 17.3 Å². The minimum Gasteiger partial charge on any atom is -0.461 e. The molecule has 8 aliphatic rings. The van der Waals surface area contributed by atoms with Crippen LogP contribution >= 0.6 is 0 Å². The lowest BCUT2D eigenvalue weighted by atomic mass is 9.53. The van der Waals surface area contributed by atoms with Crippen LogP contribution in [0.25, 0.3) is 0 Å². The van der Waals surface area contributed by atoms with Gasteiger partial charge in [-0.25, -0.2) is 0 Å². The summed E-state index contributed by atoms with van der Waals surface area (Å²) in [7, 11) is 0. The molecule has 388 valence electrons. The molecule has 7 saturated carbocycles. The molecule has 18 atom stereocenters. The first kappa shape index (κ1) is 63.5. The Balaban J connectivity index is 0.00000528. The topological polar surface area (TPSA) is 142 Å². The number of carbonyl (C=O) groups excluding carboxylic acids is 5. The van der Waals surface area contributed by atoms with Crippen molar-refractivity contribution in [2.75, 3.05) is 0 Å². The molecule has 6 bridgehead atoms. The number of esters is 5. The molecule has 1 saturated heterocycles. The lowest BCUT2D eigenvalue weighted by molar-refractivity contribution is -0.170. The van der Waals surface area contributed by atoms with Crippen molar-refractivity contribution in [3.63, 3.8) is 0 Å². The normalized spacial score (nSPS) is 37.9. The van der Waals surface area contributed by atoms with Gasteiger partial charge in [0, 0.05) is 0 Å². The molecule has 1 aliphatic heterocycles. The Morgan fingerprint density at radius 2 is 1.09 bits per heavy atom. The molecule has 10 heteroatoms. The number of ether oxygens (including phenoxy) is 4. The van der Waals surface area contributed by atoms with Crippen LogP contribution < -0.4 is 0 Å². The minimum absolute atomic E-state index is 0. The van der Waals surface area contributed by atoms with E-state index in [9.17, 15) is 29.1 Å². The first-order chi connectivity index (χ1) is 27.3. The van der Waals surface area contributed by atoms with Gasteiger partial charge in [-0.15, -0.1) is 0 Å². The Labute approximate surface area is 405 Å². The molecule has 7 aliphatic carbocycles. The molecular formula is C56H104O10. The van der Waals surface area contributed by atoms with Gasteiger partial charge in [-0.3, -0.25) is 24.0 Å². The zero-order chi connectivity index (χ0) is 41.6. The summed E-state index contributed by atoms with van der Waals surface area (Å²) >= 11 is 0.